The van der Waals surface area contributed by atoms with Crippen LogP contribution in [0.2, 0.25) is 0 Å². The summed E-state index contributed by atoms with van der Waals surface area (Å²) in [5, 5.41) is 3.00. The van der Waals surface area contributed by atoms with Gasteiger partial charge in [0, 0.05) is 12.3 Å². The zero-order valence-corrected chi connectivity index (χ0v) is 17.4. The van der Waals surface area contributed by atoms with E-state index in [-0.39, 0.29) is 35.4 Å². The molecule has 0 radical (unpaired) electrons. The fourth-order valence-corrected chi connectivity index (χ4v) is 3.76. The molecule has 7 nitrogen and oxygen atoms in total. The number of pyridine rings is 1. The molecular formula is C24H24N2O5. The molecule has 1 atom stereocenters. The van der Waals surface area contributed by atoms with E-state index in [0.29, 0.717) is 11.5 Å². The van der Waals surface area contributed by atoms with Crippen LogP contribution in [0.1, 0.15) is 39.6 Å². The van der Waals surface area contributed by atoms with Crippen molar-refractivity contribution in [2.24, 2.45) is 0 Å². The molecule has 160 valence electrons. The van der Waals surface area contributed by atoms with Crippen LogP contribution in [0.3, 0.4) is 0 Å². The van der Waals surface area contributed by atoms with E-state index in [0.717, 1.165) is 29.5 Å². The van der Waals surface area contributed by atoms with Gasteiger partial charge in [-0.3, -0.25) is 9.59 Å². The number of aromatic amines is 1. The molecule has 31 heavy (non-hydrogen) atoms. The van der Waals surface area contributed by atoms with Crippen molar-refractivity contribution < 1.29 is 19.0 Å². The van der Waals surface area contributed by atoms with Crippen molar-refractivity contribution in [1.82, 2.24) is 10.3 Å². The summed E-state index contributed by atoms with van der Waals surface area (Å²) in [4.78, 5) is 28.0. The minimum Gasteiger partial charge on any atom is -0.493 e. The van der Waals surface area contributed by atoms with E-state index in [1.54, 1.807) is 14.2 Å². The smallest absolute Gasteiger partial charge is 0.268 e. The highest BCUT2D eigenvalue weighted by Gasteiger charge is 2.27. The van der Waals surface area contributed by atoms with Gasteiger partial charge in [-0.25, -0.2) is 0 Å². The van der Waals surface area contributed by atoms with Crippen LogP contribution in [0.5, 0.6) is 17.2 Å². The fraction of sp³-hybridized carbons (Fsp3) is 0.250. The molecule has 0 bridgehead atoms. The Hall–Kier alpha value is -3.74. The molecule has 0 saturated carbocycles. The highest BCUT2D eigenvalue weighted by Crippen LogP contribution is 2.39. The number of carbonyl (C=O) groups excluding carboxylic acids is 1. The maximum absolute atomic E-state index is 12.8. The number of amides is 1. The normalized spacial score (nSPS) is 14.6. The standard InChI is InChI=1S/C24H24N2O5/c1-29-21-10-16-8-9-18(17(16)11-22(21)30-2)26-24(28)19-12-20(27)23(13-25-19)31-14-15-6-4-3-5-7-15/h3-7,10-13,18H,8-9,14H2,1-2H3,(H,25,27)(H,26,28). The van der Waals surface area contributed by atoms with Crippen molar-refractivity contribution in [3.63, 3.8) is 0 Å². The predicted octanol–water partition coefficient (Wildman–Crippen LogP) is 3.39. The monoisotopic (exact) mass is 420 g/mol. The van der Waals surface area contributed by atoms with Crippen LogP contribution in [-0.2, 0) is 13.0 Å². The molecule has 1 amide bonds. The van der Waals surface area contributed by atoms with Gasteiger partial charge in [0.05, 0.1) is 20.3 Å². The van der Waals surface area contributed by atoms with Crippen molar-refractivity contribution in [3.8, 4) is 17.2 Å². The van der Waals surface area contributed by atoms with Crippen LogP contribution in [-0.4, -0.2) is 25.1 Å². The molecule has 0 fully saturated rings. The first-order valence-electron chi connectivity index (χ1n) is 10.0. The lowest BCUT2D eigenvalue weighted by Crippen LogP contribution is -2.29. The third-order valence-electron chi connectivity index (χ3n) is 5.39. The molecule has 0 aliphatic heterocycles. The molecule has 1 aliphatic carbocycles. The summed E-state index contributed by atoms with van der Waals surface area (Å²) in [7, 11) is 3.18. The van der Waals surface area contributed by atoms with E-state index in [9.17, 15) is 9.59 Å². The molecule has 0 saturated heterocycles. The molecule has 1 heterocycles. The van der Waals surface area contributed by atoms with Crippen molar-refractivity contribution in [2.75, 3.05) is 14.2 Å². The number of hydrogen-bond acceptors (Lipinski definition) is 5. The maximum atomic E-state index is 12.8. The molecule has 1 unspecified atom stereocenters. The number of benzene rings is 2. The maximum Gasteiger partial charge on any atom is 0.268 e. The van der Waals surface area contributed by atoms with Gasteiger partial charge in [-0.05, 0) is 41.7 Å². The van der Waals surface area contributed by atoms with Crippen LogP contribution >= 0.6 is 0 Å². The minimum absolute atomic E-state index is 0.167. The Morgan fingerprint density at radius 3 is 2.52 bits per heavy atom. The summed E-state index contributed by atoms with van der Waals surface area (Å²) in [5.41, 5.74) is 2.90. The van der Waals surface area contributed by atoms with Gasteiger partial charge in [-0.15, -0.1) is 0 Å². The highest BCUT2D eigenvalue weighted by atomic mass is 16.5. The van der Waals surface area contributed by atoms with E-state index in [2.05, 4.69) is 10.3 Å². The molecule has 4 rings (SSSR count). The van der Waals surface area contributed by atoms with Gasteiger partial charge in [-0.1, -0.05) is 30.3 Å². The first kappa shape index (κ1) is 20.5. The van der Waals surface area contributed by atoms with Crippen LogP contribution in [0, 0.1) is 0 Å². The van der Waals surface area contributed by atoms with E-state index in [1.807, 2.05) is 42.5 Å². The number of fused-ring (bicyclic) bond motifs is 1. The minimum atomic E-state index is -0.349. The Labute approximate surface area is 180 Å². The highest BCUT2D eigenvalue weighted by molar-refractivity contribution is 5.92. The SMILES string of the molecule is COc1cc2c(cc1OC)C(NC(=O)c1cc(=O)c(OCc3ccccc3)c[nH]1)CC2. The number of methoxy groups -OCH3 is 2. The number of aryl methyl sites for hydroxylation is 1. The van der Waals surface area contributed by atoms with Crippen molar-refractivity contribution in [3.05, 3.63) is 87.3 Å². The van der Waals surface area contributed by atoms with Gasteiger partial charge in [0.15, 0.2) is 17.2 Å². The van der Waals surface area contributed by atoms with Gasteiger partial charge < -0.3 is 24.5 Å². The Morgan fingerprint density at radius 2 is 1.81 bits per heavy atom. The van der Waals surface area contributed by atoms with E-state index in [1.165, 1.54) is 12.3 Å². The Bertz CT molecular complexity index is 1140. The molecule has 3 aromatic rings. The molecule has 2 N–H and O–H groups in total. The largest absolute Gasteiger partial charge is 0.493 e. The average Bonchev–Trinajstić information content (AvgIpc) is 3.19. The molecule has 0 spiro atoms. The second-order valence-electron chi connectivity index (χ2n) is 7.32. The van der Waals surface area contributed by atoms with Gasteiger partial charge in [-0.2, -0.15) is 0 Å². The number of hydrogen-bond donors (Lipinski definition) is 2. The molecule has 1 aromatic heterocycles. The van der Waals surface area contributed by atoms with Crippen molar-refractivity contribution >= 4 is 5.91 Å². The quantitative estimate of drug-likeness (QED) is 0.612. The third-order valence-corrected chi connectivity index (χ3v) is 5.39. The Kier molecular flexibility index (Phi) is 5.93. The van der Waals surface area contributed by atoms with Crippen molar-refractivity contribution in [1.29, 1.82) is 0 Å². The van der Waals surface area contributed by atoms with Gasteiger partial charge >= 0.3 is 0 Å². The molecular weight excluding hydrogens is 396 g/mol. The summed E-state index contributed by atoms with van der Waals surface area (Å²) < 4.78 is 16.3. The summed E-state index contributed by atoms with van der Waals surface area (Å²) in [6.07, 6.45) is 3.01. The van der Waals surface area contributed by atoms with Gasteiger partial charge in [0.2, 0.25) is 5.43 Å². The van der Waals surface area contributed by atoms with Crippen LogP contribution in [0.4, 0.5) is 0 Å². The molecule has 2 aromatic carbocycles. The number of ether oxygens (including phenoxy) is 3. The van der Waals surface area contributed by atoms with E-state index < -0.39 is 0 Å². The average molecular weight is 420 g/mol. The van der Waals surface area contributed by atoms with Crippen LogP contribution in [0.25, 0.3) is 0 Å². The number of rotatable bonds is 7. The summed E-state index contributed by atoms with van der Waals surface area (Å²) in [6, 6.07) is 14.5. The Balaban J connectivity index is 1.45. The Morgan fingerprint density at radius 1 is 1.06 bits per heavy atom. The predicted molar refractivity (Wildman–Crippen MR) is 116 cm³/mol. The van der Waals surface area contributed by atoms with E-state index >= 15 is 0 Å². The van der Waals surface area contributed by atoms with Crippen molar-refractivity contribution in [2.45, 2.75) is 25.5 Å². The van der Waals surface area contributed by atoms with E-state index in [4.69, 9.17) is 14.2 Å². The second-order valence-corrected chi connectivity index (χ2v) is 7.32. The van der Waals surface area contributed by atoms with Crippen LogP contribution in [0.15, 0.2) is 59.5 Å². The molecule has 1 aliphatic rings. The number of H-pyrrole nitrogens is 1. The first-order chi connectivity index (χ1) is 15.1. The summed E-state index contributed by atoms with van der Waals surface area (Å²) in [6.45, 7) is 0.277. The number of carbonyl (C=O) groups is 1. The summed E-state index contributed by atoms with van der Waals surface area (Å²) in [5.74, 6) is 1.11. The van der Waals surface area contributed by atoms with Gasteiger partial charge in [0.1, 0.15) is 12.3 Å². The lowest BCUT2D eigenvalue weighted by molar-refractivity contribution is 0.0931. The zero-order chi connectivity index (χ0) is 21.8. The molecule has 7 heteroatoms. The lowest BCUT2D eigenvalue weighted by Gasteiger charge is -2.16. The third kappa shape index (κ3) is 4.40. The fourth-order valence-electron chi connectivity index (χ4n) is 3.76. The second kappa shape index (κ2) is 8.95. The lowest BCUT2D eigenvalue weighted by atomic mass is 10.1. The van der Waals surface area contributed by atoms with Crippen LogP contribution < -0.4 is 25.0 Å². The zero-order valence-electron chi connectivity index (χ0n) is 17.4. The van der Waals surface area contributed by atoms with Gasteiger partial charge in [0.25, 0.3) is 5.91 Å². The number of nitrogens with one attached hydrogen (secondary N) is 2. The topological polar surface area (TPSA) is 89.7 Å². The summed E-state index contributed by atoms with van der Waals surface area (Å²) >= 11 is 0. The first-order valence-corrected chi connectivity index (χ1v) is 10.0. The number of aromatic nitrogens is 1.